The van der Waals surface area contributed by atoms with E-state index in [1.165, 1.54) is 24.3 Å². The Hall–Kier alpha value is -2.75. The number of hydrogen-bond acceptors (Lipinski definition) is 3. The van der Waals surface area contributed by atoms with E-state index < -0.39 is 29.2 Å². The van der Waals surface area contributed by atoms with E-state index in [1.807, 2.05) is 0 Å². The van der Waals surface area contributed by atoms with Gasteiger partial charge in [-0.05, 0) is 74.3 Å². The number of ether oxygens (including phenoxy) is 1. The van der Waals surface area contributed by atoms with E-state index in [2.05, 4.69) is 10.6 Å². The zero-order valence-electron chi connectivity index (χ0n) is 16.2. The second kappa shape index (κ2) is 9.17. The van der Waals surface area contributed by atoms with Gasteiger partial charge in [0.05, 0.1) is 11.1 Å². The van der Waals surface area contributed by atoms with Gasteiger partial charge in [-0.1, -0.05) is 0 Å². The lowest BCUT2D eigenvalue weighted by atomic mass is 9.98. The Morgan fingerprint density at radius 1 is 0.903 bits per heavy atom. The van der Waals surface area contributed by atoms with Crippen LogP contribution in [0.1, 0.15) is 34.3 Å². The number of carbonyl (C=O) groups excluding carboxylic acids is 1. The van der Waals surface area contributed by atoms with Crippen LogP contribution in [0.5, 0.6) is 11.5 Å². The molecule has 0 atom stereocenters. The first-order chi connectivity index (χ1) is 14.5. The second-order valence-electron chi connectivity index (χ2n) is 7.27. The fourth-order valence-corrected chi connectivity index (χ4v) is 3.22. The standard InChI is InChI=1S/C21H20F6N2O2/c22-20(23,24)15-9-16(21(25,26)27)11-18(10-15)31-17-3-1-14(2-4-17)19(30)29-12-13-5-7-28-8-6-13/h1-4,9-11,13,28H,5-8,12H2,(H,29,30). The summed E-state index contributed by atoms with van der Waals surface area (Å²) in [5, 5.41) is 6.06. The van der Waals surface area contributed by atoms with Crippen LogP contribution in [0.4, 0.5) is 26.3 Å². The van der Waals surface area contributed by atoms with Crippen molar-refractivity contribution >= 4 is 5.91 Å². The van der Waals surface area contributed by atoms with Crippen molar-refractivity contribution in [2.75, 3.05) is 19.6 Å². The first kappa shape index (κ1) is 22.9. The lowest BCUT2D eigenvalue weighted by Crippen LogP contribution is -2.35. The lowest BCUT2D eigenvalue weighted by molar-refractivity contribution is -0.143. The summed E-state index contributed by atoms with van der Waals surface area (Å²) in [6.45, 7) is 2.33. The normalized spacial score (nSPS) is 15.5. The molecule has 0 aromatic heterocycles. The number of amides is 1. The third-order valence-electron chi connectivity index (χ3n) is 4.92. The van der Waals surface area contributed by atoms with Crippen LogP contribution in [0.3, 0.4) is 0 Å². The van der Waals surface area contributed by atoms with Crippen LogP contribution >= 0.6 is 0 Å². The molecule has 1 heterocycles. The van der Waals surface area contributed by atoms with Gasteiger partial charge in [-0.15, -0.1) is 0 Å². The average Bonchev–Trinajstić information content (AvgIpc) is 2.72. The molecule has 4 nitrogen and oxygen atoms in total. The van der Waals surface area contributed by atoms with Crippen LogP contribution in [-0.2, 0) is 12.4 Å². The molecule has 1 fully saturated rings. The fraction of sp³-hybridized carbons (Fsp3) is 0.381. The van der Waals surface area contributed by atoms with E-state index >= 15 is 0 Å². The smallest absolute Gasteiger partial charge is 0.416 e. The van der Waals surface area contributed by atoms with Crippen molar-refractivity contribution < 1.29 is 35.9 Å². The van der Waals surface area contributed by atoms with E-state index in [-0.39, 0.29) is 17.7 Å². The molecule has 1 aliphatic rings. The van der Waals surface area contributed by atoms with Gasteiger partial charge in [-0.25, -0.2) is 0 Å². The van der Waals surface area contributed by atoms with Gasteiger partial charge in [0, 0.05) is 12.1 Å². The highest BCUT2D eigenvalue weighted by atomic mass is 19.4. The molecule has 2 aromatic carbocycles. The molecule has 1 aliphatic heterocycles. The van der Waals surface area contributed by atoms with Gasteiger partial charge in [0.15, 0.2) is 0 Å². The number of benzene rings is 2. The van der Waals surface area contributed by atoms with Crippen molar-refractivity contribution in [3.8, 4) is 11.5 Å². The second-order valence-corrected chi connectivity index (χ2v) is 7.27. The van der Waals surface area contributed by atoms with E-state index in [0.29, 0.717) is 30.2 Å². The van der Waals surface area contributed by atoms with Crippen molar-refractivity contribution in [1.82, 2.24) is 10.6 Å². The van der Waals surface area contributed by atoms with Gasteiger partial charge in [-0.2, -0.15) is 26.3 Å². The molecule has 0 unspecified atom stereocenters. The maximum Gasteiger partial charge on any atom is 0.416 e. The van der Waals surface area contributed by atoms with Crippen LogP contribution in [-0.4, -0.2) is 25.5 Å². The van der Waals surface area contributed by atoms with E-state index in [1.54, 1.807) is 0 Å². The quantitative estimate of drug-likeness (QED) is 0.618. The largest absolute Gasteiger partial charge is 0.457 e. The van der Waals surface area contributed by atoms with E-state index in [0.717, 1.165) is 25.9 Å². The Labute approximate surface area is 174 Å². The molecule has 1 amide bonds. The molecule has 31 heavy (non-hydrogen) atoms. The van der Waals surface area contributed by atoms with E-state index in [9.17, 15) is 31.1 Å². The van der Waals surface area contributed by atoms with Gasteiger partial charge in [0.2, 0.25) is 0 Å². The van der Waals surface area contributed by atoms with Crippen molar-refractivity contribution in [3.63, 3.8) is 0 Å². The molecular weight excluding hydrogens is 426 g/mol. The topological polar surface area (TPSA) is 50.4 Å². The summed E-state index contributed by atoms with van der Waals surface area (Å²) in [7, 11) is 0. The average molecular weight is 446 g/mol. The third kappa shape index (κ3) is 6.36. The van der Waals surface area contributed by atoms with Crippen LogP contribution in [0.2, 0.25) is 0 Å². The molecular formula is C21H20F6N2O2. The van der Waals surface area contributed by atoms with Crippen LogP contribution < -0.4 is 15.4 Å². The summed E-state index contributed by atoms with van der Waals surface area (Å²) >= 11 is 0. The number of hydrogen-bond donors (Lipinski definition) is 2. The van der Waals surface area contributed by atoms with Crippen molar-refractivity contribution in [2.45, 2.75) is 25.2 Å². The van der Waals surface area contributed by atoms with Gasteiger partial charge >= 0.3 is 12.4 Å². The fourth-order valence-electron chi connectivity index (χ4n) is 3.22. The first-order valence-corrected chi connectivity index (χ1v) is 9.59. The number of piperidine rings is 1. The summed E-state index contributed by atoms with van der Waals surface area (Å²) in [4.78, 5) is 12.2. The highest BCUT2D eigenvalue weighted by Gasteiger charge is 2.37. The Kier molecular flexibility index (Phi) is 6.78. The molecule has 0 aliphatic carbocycles. The molecule has 0 radical (unpaired) electrons. The van der Waals surface area contributed by atoms with Gasteiger partial charge in [0.1, 0.15) is 11.5 Å². The third-order valence-corrected chi connectivity index (χ3v) is 4.92. The number of nitrogens with one attached hydrogen (secondary N) is 2. The zero-order chi connectivity index (χ0) is 22.6. The molecule has 0 spiro atoms. The number of alkyl halides is 6. The Morgan fingerprint density at radius 2 is 1.45 bits per heavy atom. The Morgan fingerprint density at radius 3 is 1.97 bits per heavy atom. The van der Waals surface area contributed by atoms with E-state index in [4.69, 9.17) is 4.74 Å². The molecule has 2 N–H and O–H groups in total. The minimum Gasteiger partial charge on any atom is -0.457 e. The Bertz CT molecular complexity index is 871. The molecule has 2 aromatic rings. The van der Waals surface area contributed by atoms with Gasteiger partial charge in [0.25, 0.3) is 5.91 Å². The molecule has 0 bridgehead atoms. The molecule has 0 saturated carbocycles. The molecule has 168 valence electrons. The van der Waals surface area contributed by atoms with Crippen molar-refractivity contribution in [2.24, 2.45) is 5.92 Å². The lowest BCUT2D eigenvalue weighted by Gasteiger charge is -2.22. The van der Waals surface area contributed by atoms with Gasteiger partial charge < -0.3 is 15.4 Å². The maximum atomic E-state index is 13.0. The molecule has 3 rings (SSSR count). The predicted molar refractivity (Wildman–Crippen MR) is 101 cm³/mol. The summed E-state index contributed by atoms with van der Waals surface area (Å²) in [6, 6.07) is 6.43. The SMILES string of the molecule is O=C(NCC1CCNCC1)c1ccc(Oc2cc(C(F)(F)F)cc(C(F)(F)F)c2)cc1. The summed E-state index contributed by atoms with van der Waals surface area (Å²) in [5.74, 6) is -0.535. The van der Waals surface area contributed by atoms with Crippen LogP contribution in [0, 0.1) is 5.92 Å². The first-order valence-electron chi connectivity index (χ1n) is 9.59. The molecule has 10 heteroatoms. The summed E-state index contributed by atoms with van der Waals surface area (Å²) in [5.41, 5.74) is -2.63. The van der Waals surface area contributed by atoms with Gasteiger partial charge in [-0.3, -0.25) is 4.79 Å². The van der Waals surface area contributed by atoms with Crippen molar-refractivity contribution in [3.05, 3.63) is 59.2 Å². The minimum atomic E-state index is -4.96. The predicted octanol–water partition coefficient (Wildman–Crippen LogP) is 5.25. The highest BCUT2D eigenvalue weighted by molar-refractivity contribution is 5.94. The van der Waals surface area contributed by atoms with Crippen LogP contribution in [0.25, 0.3) is 0 Å². The summed E-state index contributed by atoms with van der Waals surface area (Å²) in [6.07, 6.45) is -8.00. The highest BCUT2D eigenvalue weighted by Crippen LogP contribution is 2.39. The number of carbonyl (C=O) groups is 1. The number of rotatable bonds is 5. The zero-order valence-corrected chi connectivity index (χ0v) is 16.2. The molecule has 1 saturated heterocycles. The Balaban J connectivity index is 1.69. The monoisotopic (exact) mass is 446 g/mol. The minimum absolute atomic E-state index is 0.00218. The maximum absolute atomic E-state index is 13.0. The van der Waals surface area contributed by atoms with Crippen molar-refractivity contribution in [1.29, 1.82) is 0 Å². The number of halogens is 6. The van der Waals surface area contributed by atoms with Crippen LogP contribution in [0.15, 0.2) is 42.5 Å². The summed E-state index contributed by atoms with van der Waals surface area (Å²) < 4.78 is 82.9.